The lowest BCUT2D eigenvalue weighted by atomic mass is 9.85. The highest BCUT2D eigenvalue weighted by atomic mass is 16.2. The van der Waals surface area contributed by atoms with Crippen LogP contribution in [-0.2, 0) is 20.8 Å². The van der Waals surface area contributed by atoms with Crippen molar-refractivity contribution in [1.82, 2.24) is 20.9 Å². The first-order valence-corrected chi connectivity index (χ1v) is 11.3. The number of hydrogen-bond donors (Lipinski definition) is 3. The molecule has 31 heavy (non-hydrogen) atoms. The third kappa shape index (κ3) is 5.09. The normalized spacial score (nSPS) is 22.5. The van der Waals surface area contributed by atoms with Crippen LogP contribution in [-0.4, -0.2) is 54.3 Å². The predicted octanol–water partition coefficient (Wildman–Crippen LogP) is 1.92. The van der Waals surface area contributed by atoms with Crippen LogP contribution < -0.4 is 16.0 Å². The van der Waals surface area contributed by atoms with E-state index in [0.29, 0.717) is 13.0 Å². The van der Waals surface area contributed by atoms with E-state index in [1.54, 1.807) is 18.9 Å². The number of carbonyl (C=O) groups is 3. The monoisotopic (exact) mass is 428 g/mol. The molecule has 1 aromatic rings. The maximum atomic E-state index is 13.5. The lowest BCUT2D eigenvalue weighted by Crippen LogP contribution is -2.59. The third-order valence-corrected chi connectivity index (χ3v) is 6.51. The Balaban J connectivity index is 1.72. The van der Waals surface area contributed by atoms with Crippen molar-refractivity contribution in [2.24, 2.45) is 5.41 Å². The van der Waals surface area contributed by atoms with Crippen LogP contribution in [0.15, 0.2) is 24.3 Å². The van der Waals surface area contributed by atoms with Crippen LogP contribution in [0.3, 0.4) is 0 Å². The number of amides is 3. The number of rotatable bonds is 6. The van der Waals surface area contributed by atoms with E-state index >= 15 is 0 Å². The van der Waals surface area contributed by atoms with Crippen molar-refractivity contribution in [2.75, 3.05) is 13.6 Å². The highest BCUT2D eigenvalue weighted by Gasteiger charge is 2.42. The second-order valence-corrected chi connectivity index (χ2v) is 9.81. The molecule has 3 N–H and O–H groups in total. The number of hydrogen-bond acceptors (Lipinski definition) is 4. The summed E-state index contributed by atoms with van der Waals surface area (Å²) in [5.41, 5.74) is 1.97. The van der Waals surface area contributed by atoms with E-state index in [1.165, 1.54) is 11.1 Å². The smallest absolute Gasteiger partial charge is 0.246 e. The van der Waals surface area contributed by atoms with Gasteiger partial charge in [-0.05, 0) is 56.2 Å². The average Bonchev–Trinajstić information content (AvgIpc) is 3.37. The Morgan fingerprint density at radius 2 is 1.84 bits per heavy atom. The van der Waals surface area contributed by atoms with Crippen LogP contribution in [0.5, 0.6) is 0 Å². The molecule has 2 aliphatic rings. The molecule has 0 aromatic heterocycles. The Morgan fingerprint density at radius 1 is 1.13 bits per heavy atom. The number of aryl methyl sites for hydroxylation is 1. The summed E-state index contributed by atoms with van der Waals surface area (Å²) < 4.78 is 0. The Hall–Kier alpha value is -2.41. The number of nitrogens with one attached hydrogen (secondary N) is 3. The van der Waals surface area contributed by atoms with Crippen LogP contribution >= 0.6 is 0 Å². The number of benzene rings is 1. The van der Waals surface area contributed by atoms with Crippen molar-refractivity contribution in [3.8, 4) is 0 Å². The minimum atomic E-state index is -0.698. The van der Waals surface area contributed by atoms with Crippen LogP contribution in [0.25, 0.3) is 0 Å². The molecule has 7 nitrogen and oxygen atoms in total. The third-order valence-electron chi connectivity index (χ3n) is 6.51. The van der Waals surface area contributed by atoms with E-state index in [1.807, 2.05) is 32.9 Å². The van der Waals surface area contributed by atoms with E-state index < -0.39 is 23.5 Å². The van der Waals surface area contributed by atoms with Gasteiger partial charge in [-0.25, -0.2) is 0 Å². The predicted molar refractivity (Wildman–Crippen MR) is 120 cm³/mol. The number of fused-ring (bicyclic) bond motifs is 1. The number of likely N-dealkylation sites (tertiary alicyclic amines) is 1. The van der Waals surface area contributed by atoms with E-state index in [-0.39, 0.29) is 23.8 Å². The molecular formula is C24H36N4O3. The van der Waals surface area contributed by atoms with Gasteiger partial charge < -0.3 is 20.9 Å². The van der Waals surface area contributed by atoms with Gasteiger partial charge in [-0.1, -0.05) is 45.0 Å². The highest BCUT2D eigenvalue weighted by molar-refractivity contribution is 5.94. The van der Waals surface area contributed by atoms with Gasteiger partial charge in [-0.15, -0.1) is 0 Å². The molecule has 1 aromatic carbocycles. The van der Waals surface area contributed by atoms with Gasteiger partial charge in [0.2, 0.25) is 17.7 Å². The fourth-order valence-electron chi connectivity index (χ4n) is 4.49. The summed E-state index contributed by atoms with van der Waals surface area (Å²) in [5.74, 6) is -0.512. The molecule has 1 heterocycles. The van der Waals surface area contributed by atoms with Crippen LogP contribution in [0.4, 0.5) is 0 Å². The number of nitrogens with zero attached hydrogens (tertiary/aromatic N) is 1. The lowest BCUT2D eigenvalue weighted by Gasteiger charge is -2.36. The van der Waals surface area contributed by atoms with Crippen molar-refractivity contribution < 1.29 is 14.4 Å². The first-order chi connectivity index (χ1) is 14.6. The van der Waals surface area contributed by atoms with Crippen molar-refractivity contribution in [3.05, 3.63) is 35.4 Å². The van der Waals surface area contributed by atoms with Gasteiger partial charge in [0, 0.05) is 6.54 Å². The number of likely N-dealkylation sites (N-methyl/N-ethyl adjacent to an activating group) is 1. The topological polar surface area (TPSA) is 90.5 Å². The Morgan fingerprint density at radius 3 is 2.52 bits per heavy atom. The Bertz CT molecular complexity index is 832. The van der Waals surface area contributed by atoms with Crippen LogP contribution in [0.2, 0.25) is 0 Å². The van der Waals surface area contributed by atoms with Crippen molar-refractivity contribution in [1.29, 1.82) is 0 Å². The molecule has 1 fully saturated rings. The maximum absolute atomic E-state index is 13.5. The zero-order chi connectivity index (χ0) is 22.8. The van der Waals surface area contributed by atoms with Gasteiger partial charge >= 0.3 is 0 Å². The zero-order valence-electron chi connectivity index (χ0n) is 19.3. The minimum Gasteiger partial charge on any atom is -0.347 e. The van der Waals surface area contributed by atoms with E-state index in [2.05, 4.69) is 28.1 Å². The molecule has 1 saturated heterocycles. The van der Waals surface area contributed by atoms with E-state index in [9.17, 15) is 14.4 Å². The van der Waals surface area contributed by atoms with Crippen LogP contribution in [0, 0.1) is 5.41 Å². The average molecular weight is 429 g/mol. The molecule has 3 amide bonds. The largest absolute Gasteiger partial charge is 0.347 e. The SMILES string of the molecule is CN[C@@H](C)C(=O)N[C@H](C(=O)N1CCC[C@H]1C(=O)N[C@H]1CCc2ccccc21)C(C)(C)C. The summed E-state index contributed by atoms with van der Waals surface area (Å²) in [4.78, 5) is 40.8. The summed E-state index contributed by atoms with van der Waals surface area (Å²) in [6.45, 7) is 8.08. The quantitative estimate of drug-likeness (QED) is 0.646. The first kappa shape index (κ1) is 23.3. The van der Waals surface area contributed by atoms with E-state index in [4.69, 9.17) is 0 Å². The molecular weight excluding hydrogens is 392 g/mol. The molecule has 7 heteroatoms. The van der Waals surface area contributed by atoms with Gasteiger partial charge in [-0.2, -0.15) is 0 Å². The van der Waals surface area contributed by atoms with Crippen molar-refractivity contribution in [3.63, 3.8) is 0 Å². The molecule has 1 aliphatic carbocycles. The summed E-state index contributed by atoms with van der Waals surface area (Å²) in [6, 6.07) is 6.59. The standard InChI is InChI=1S/C24H36N4O3/c1-15(25-5)21(29)27-20(24(2,3)4)23(31)28-14-8-11-19(28)22(30)26-18-13-12-16-9-6-7-10-17(16)18/h6-7,9-10,15,18-20,25H,8,11-14H2,1-5H3,(H,26,30)(H,27,29)/t15-,18-,19-,20+/m0/s1. The lowest BCUT2D eigenvalue weighted by molar-refractivity contribution is -0.144. The number of carbonyl (C=O) groups excluding carboxylic acids is 3. The fourth-order valence-corrected chi connectivity index (χ4v) is 4.49. The van der Waals surface area contributed by atoms with Gasteiger partial charge in [0.25, 0.3) is 0 Å². The zero-order valence-corrected chi connectivity index (χ0v) is 19.3. The molecule has 0 radical (unpaired) electrons. The molecule has 3 rings (SSSR count). The van der Waals surface area contributed by atoms with Crippen molar-refractivity contribution in [2.45, 2.75) is 77.5 Å². The van der Waals surface area contributed by atoms with Crippen molar-refractivity contribution >= 4 is 17.7 Å². The molecule has 170 valence electrons. The van der Waals surface area contributed by atoms with Gasteiger partial charge in [-0.3, -0.25) is 14.4 Å². The van der Waals surface area contributed by atoms with Crippen LogP contribution in [0.1, 0.15) is 64.1 Å². The fraction of sp³-hybridized carbons (Fsp3) is 0.625. The summed E-state index contributed by atoms with van der Waals surface area (Å²) >= 11 is 0. The first-order valence-electron chi connectivity index (χ1n) is 11.3. The molecule has 0 saturated carbocycles. The second-order valence-electron chi connectivity index (χ2n) is 9.81. The highest BCUT2D eigenvalue weighted by Crippen LogP contribution is 2.32. The summed E-state index contributed by atoms with van der Waals surface area (Å²) in [6.07, 6.45) is 3.26. The Kier molecular flexibility index (Phi) is 7.04. The summed E-state index contributed by atoms with van der Waals surface area (Å²) in [7, 11) is 1.71. The second kappa shape index (κ2) is 9.39. The Labute approximate surface area is 185 Å². The molecule has 0 unspecified atom stereocenters. The molecule has 1 aliphatic heterocycles. The van der Waals surface area contributed by atoms with Gasteiger partial charge in [0.05, 0.1) is 12.1 Å². The molecule has 0 bridgehead atoms. The van der Waals surface area contributed by atoms with E-state index in [0.717, 1.165) is 19.3 Å². The van der Waals surface area contributed by atoms with Gasteiger partial charge in [0.15, 0.2) is 0 Å². The minimum absolute atomic E-state index is 0.00385. The molecule has 0 spiro atoms. The molecule has 4 atom stereocenters. The summed E-state index contributed by atoms with van der Waals surface area (Å²) in [5, 5.41) is 8.99. The maximum Gasteiger partial charge on any atom is 0.246 e. The van der Waals surface area contributed by atoms with Gasteiger partial charge in [0.1, 0.15) is 12.1 Å².